The van der Waals surface area contributed by atoms with E-state index in [9.17, 15) is 4.79 Å². The first-order valence-corrected chi connectivity index (χ1v) is 7.41. The molecule has 0 aliphatic carbocycles. The summed E-state index contributed by atoms with van der Waals surface area (Å²) in [5, 5.41) is 0.739. The second-order valence-electron chi connectivity index (χ2n) is 5.56. The van der Waals surface area contributed by atoms with Crippen molar-refractivity contribution in [2.24, 2.45) is 11.7 Å². The van der Waals surface area contributed by atoms with E-state index in [0.717, 1.165) is 23.8 Å². The molecule has 0 spiro atoms. The number of anilines is 1. The molecule has 1 saturated heterocycles. The van der Waals surface area contributed by atoms with Crippen LogP contribution in [0, 0.1) is 5.92 Å². The van der Waals surface area contributed by atoms with Crippen LogP contribution in [0.2, 0.25) is 5.02 Å². The van der Waals surface area contributed by atoms with Gasteiger partial charge in [0.25, 0.3) is 0 Å². The van der Waals surface area contributed by atoms with Crippen LogP contribution in [0.1, 0.15) is 13.8 Å². The van der Waals surface area contributed by atoms with Crippen LogP contribution in [-0.2, 0) is 4.79 Å². The number of halogens is 1. The van der Waals surface area contributed by atoms with Crippen molar-refractivity contribution in [2.75, 3.05) is 31.1 Å². The lowest BCUT2D eigenvalue weighted by atomic mass is 10.0. The smallest absolute Gasteiger partial charge is 0.239 e. The first-order chi connectivity index (χ1) is 9.49. The minimum absolute atomic E-state index is 0.0609. The van der Waals surface area contributed by atoms with Gasteiger partial charge in [0.1, 0.15) is 0 Å². The van der Waals surface area contributed by atoms with Gasteiger partial charge in [-0.05, 0) is 24.1 Å². The Labute approximate surface area is 125 Å². The van der Waals surface area contributed by atoms with E-state index in [4.69, 9.17) is 17.3 Å². The topological polar surface area (TPSA) is 49.6 Å². The molecule has 2 N–H and O–H groups in total. The van der Waals surface area contributed by atoms with Crippen LogP contribution in [0.3, 0.4) is 0 Å². The molecule has 0 aromatic heterocycles. The van der Waals surface area contributed by atoms with Crippen LogP contribution in [0.5, 0.6) is 0 Å². The average molecular weight is 296 g/mol. The largest absolute Gasteiger partial charge is 0.368 e. The summed E-state index contributed by atoms with van der Waals surface area (Å²) in [6.45, 7) is 7.01. The van der Waals surface area contributed by atoms with Crippen LogP contribution < -0.4 is 10.6 Å². The van der Waals surface area contributed by atoms with Gasteiger partial charge in [0.05, 0.1) is 6.04 Å². The molecule has 1 heterocycles. The van der Waals surface area contributed by atoms with Crippen molar-refractivity contribution in [3.8, 4) is 0 Å². The molecule has 20 heavy (non-hydrogen) atoms. The third-order valence-corrected chi connectivity index (χ3v) is 4.00. The molecule has 1 aliphatic heterocycles. The van der Waals surface area contributed by atoms with Crippen molar-refractivity contribution in [3.05, 3.63) is 29.3 Å². The molecule has 5 heteroatoms. The predicted octanol–water partition coefficient (Wildman–Crippen LogP) is 1.97. The fourth-order valence-corrected chi connectivity index (χ4v) is 2.54. The van der Waals surface area contributed by atoms with Gasteiger partial charge in [-0.2, -0.15) is 0 Å². The summed E-state index contributed by atoms with van der Waals surface area (Å²) in [4.78, 5) is 16.3. The molecule has 2 rings (SSSR count). The van der Waals surface area contributed by atoms with Crippen molar-refractivity contribution in [2.45, 2.75) is 19.9 Å². The van der Waals surface area contributed by atoms with E-state index in [-0.39, 0.29) is 11.8 Å². The van der Waals surface area contributed by atoms with Gasteiger partial charge < -0.3 is 15.5 Å². The Morgan fingerprint density at radius 3 is 2.45 bits per heavy atom. The lowest BCUT2D eigenvalue weighted by Gasteiger charge is -2.37. The van der Waals surface area contributed by atoms with Gasteiger partial charge in [-0.25, -0.2) is 0 Å². The molecule has 110 valence electrons. The highest BCUT2D eigenvalue weighted by Gasteiger charge is 2.26. The van der Waals surface area contributed by atoms with Crippen LogP contribution in [0.25, 0.3) is 0 Å². The second-order valence-corrected chi connectivity index (χ2v) is 6.00. The second kappa shape index (κ2) is 6.46. The van der Waals surface area contributed by atoms with Gasteiger partial charge in [0.2, 0.25) is 5.91 Å². The Bertz CT molecular complexity index is 470. The number of amides is 1. The van der Waals surface area contributed by atoms with Gasteiger partial charge >= 0.3 is 0 Å². The summed E-state index contributed by atoms with van der Waals surface area (Å²) in [5.41, 5.74) is 7.04. The van der Waals surface area contributed by atoms with Gasteiger partial charge in [0.15, 0.2) is 0 Å². The van der Waals surface area contributed by atoms with Crippen LogP contribution in [0.4, 0.5) is 5.69 Å². The molecule has 1 atom stereocenters. The first kappa shape index (κ1) is 15.1. The van der Waals surface area contributed by atoms with E-state index in [2.05, 4.69) is 4.90 Å². The summed E-state index contributed by atoms with van der Waals surface area (Å²) in [6.07, 6.45) is 0. The Kier molecular flexibility index (Phi) is 4.89. The van der Waals surface area contributed by atoms with Crippen LogP contribution in [0.15, 0.2) is 24.3 Å². The molecule has 1 amide bonds. The quantitative estimate of drug-likeness (QED) is 0.927. The van der Waals surface area contributed by atoms with E-state index in [1.165, 1.54) is 0 Å². The Hall–Kier alpha value is -1.26. The fourth-order valence-electron chi connectivity index (χ4n) is 2.35. The number of piperazine rings is 1. The van der Waals surface area contributed by atoms with E-state index in [1.807, 2.05) is 43.0 Å². The minimum Gasteiger partial charge on any atom is -0.368 e. The van der Waals surface area contributed by atoms with Gasteiger partial charge in [0, 0.05) is 36.9 Å². The van der Waals surface area contributed by atoms with Gasteiger partial charge in [-0.1, -0.05) is 31.5 Å². The highest BCUT2D eigenvalue weighted by atomic mass is 35.5. The molecule has 1 aromatic carbocycles. The van der Waals surface area contributed by atoms with E-state index < -0.39 is 6.04 Å². The summed E-state index contributed by atoms with van der Waals surface area (Å²) < 4.78 is 0. The van der Waals surface area contributed by atoms with E-state index in [1.54, 1.807) is 0 Å². The van der Waals surface area contributed by atoms with Crippen molar-refractivity contribution in [1.82, 2.24) is 4.90 Å². The highest BCUT2D eigenvalue weighted by molar-refractivity contribution is 6.30. The fraction of sp³-hybridized carbons (Fsp3) is 0.533. The lowest BCUT2D eigenvalue weighted by molar-refractivity contribution is -0.133. The number of nitrogens with zero attached hydrogens (tertiary/aromatic N) is 2. The number of carbonyl (C=O) groups is 1. The van der Waals surface area contributed by atoms with Crippen molar-refractivity contribution in [1.29, 1.82) is 0 Å². The molecule has 1 aromatic rings. The zero-order valence-electron chi connectivity index (χ0n) is 12.1. The van der Waals surface area contributed by atoms with Gasteiger partial charge in [-0.3, -0.25) is 4.79 Å². The molecule has 1 aliphatic rings. The number of hydrogen-bond acceptors (Lipinski definition) is 3. The number of nitrogens with two attached hydrogens (primary N) is 1. The van der Waals surface area contributed by atoms with Crippen molar-refractivity contribution < 1.29 is 4.79 Å². The minimum atomic E-state index is -0.396. The maximum absolute atomic E-state index is 12.2. The summed E-state index contributed by atoms with van der Waals surface area (Å²) >= 11 is 6.01. The SMILES string of the molecule is CC(C)C(N)C(=O)N1CCN(c2cccc(Cl)c2)CC1. The standard InChI is InChI=1S/C15H22ClN3O/c1-11(2)14(17)15(20)19-8-6-18(7-9-19)13-5-3-4-12(16)10-13/h3-5,10-11,14H,6-9,17H2,1-2H3. The molecular weight excluding hydrogens is 274 g/mol. The molecule has 4 nitrogen and oxygen atoms in total. The molecule has 0 bridgehead atoms. The zero-order chi connectivity index (χ0) is 14.7. The molecule has 1 unspecified atom stereocenters. The van der Waals surface area contributed by atoms with Crippen molar-refractivity contribution in [3.63, 3.8) is 0 Å². The third kappa shape index (κ3) is 3.44. The Morgan fingerprint density at radius 2 is 1.90 bits per heavy atom. The Balaban J connectivity index is 1.94. The normalized spacial score (nSPS) is 17.4. The summed E-state index contributed by atoms with van der Waals surface area (Å²) in [6, 6.07) is 7.42. The van der Waals surface area contributed by atoms with Crippen LogP contribution >= 0.6 is 11.6 Å². The number of carbonyl (C=O) groups excluding carboxylic acids is 1. The predicted molar refractivity (Wildman–Crippen MR) is 83.1 cm³/mol. The molecule has 0 radical (unpaired) electrons. The Morgan fingerprint density at radius 1 is 1.25 bits per heavy atom. The third-order valence-electron chi connectivity index (χ3n) is 3.77. The van der Waals surface area contributed by atoms with Gasteiger partial charge in [-0.15, -0.1) is 0 Å². The maximum Gasteiger partial charge on any atom is 0.239 e. The summed E-state index contributed by atoms with van der Waals surface area (Å²) in [7, 11) is 0. The maximum atomic E-state index is 12.2. The first-order valence-electron chi connectivity index (χ1n) is 7.04. The monoisotopic (exact) mass is 295 g/mol. The molecule has 0 saturated carbocycles. The summed E-state index contributed by atoms with van der Waals surface area (Å²) in [5.74, 6) is 0.235. The average Bonchev–Trinajstić information content (AvgIpc) is 2.46. The van der Waals surface area contributed by atoms with E-state index in [0.29, 0.717) is 13.1 Å². The zero-order valence-corrected chi connectivity index (χ0v) is 12.8. The highest BCUT2D eigenvalue weighted by Crippen LogP contribution is 2.21. The molecular formula is C15H22ClN3O. The lowest BCUT2D eigenvalue weighted by Crippen LogP contribution is -2.54. The van der Waals surface area contributed by atoms with Crippen LogP contribution in [-0.4, -0.2) is 43.0 Å². The number of rotatable bonds is 3. The number of hydrogen-bond donors (Lipinski definition) is 1. The van der Waals surface area contributed by atoms with Crippen molar-refractivity contribution >= 4 is 23.2 Å². The molecule has 1 fully saturated rings. The number of benzene rings is 1. The van der Waals surface area contributed by atoms with E-state index >= 15 is 0 Å².